The third-order valence-electron chi connectivity index (χ3n) is 3.48. The number of anilines is 2. The Kier molecular flexibility index (Phi) is 2.85. The van der Waals surface area contributed by atoms with Crippen molar-refractivity contribution in [3.8, 4) is 0 Å². The van der Waals surface area contributed by atoms with Gasteiger partial charge in [-0.05, 0) is 6.42 Å². The molecule has 1 aliphatic heterocycles. The number of nitrogens with one attached hydrogen (secondary N) is 2. The maximum absolute atomic E-state index is 12.2. The van der Waals surface area contributed by atoms with E-state index < -0.39 is 0 Å². The molecule has 106 valence electrons. The summed E-state index contributed by atoms with van der Waals surface area (Å²) in [6, 6.07) is 0. The number of hydrogen-bond acceptors (Lipinski definition) is 4. The van der Waals surface area contributed by atoms with Crippen molar-refractivity contribution in [2.24, 2.45) is 14.1 Å². The summed E-state index contributed by atoms with van der Waals surface area (Å²) in [4.78, 5) is 23.9. The van der Waals surface area contributed by atoms with Crippen molar-refractivity contribution in [3.05, 3.63) is 28.9 Å². The predicted molar refractivity (Wildman–Crippen MR) is 72.4 cm³/mol. The lowest BCUT2D eigenvalue weighted by molar-refractivity contribution is -0.656. The van der Waals surface area contributed by atoms with Gasteiger partial charge in [-0.1, -0.05) is 0 Å². The molecule has 2 N–H and O–H groups in total. The van der Waals surface area contributed by atoms with Crippen molar-refractivity contribution >= 4 is 17.5 Å². The van der Waals surface area contributed by atoms with E-state index in [4.69, 9.17) is 0 Å². The van der Waals surface area contributed by atoms with Gasteiger partial charge in [0.1, 0.15) is 0 Å². The average molecular weight is 277 g/mol. The van der Waals surface area contributed by atoms with Crippen LogP contribution in [0.5, 0.6) is 0 Å². The summed E-state index contributed by atoms with van der Waals surface area (Å²) in [7, 11) is 3.79. The fourth-order valence-corrected chi connectivity index (χ4v) is 2.37. The van der Waals surface area contributed by atoms with Crippen LogP contribution in [-0.4, -0.2) is 19.8 Å². The maximum Gasteiger partial charge on any atom is 0.378 e. The van der Waals surface area contributed by atoms with Crippen LogP contribution in [0.3, 0.4) is 0 Å². The highest BCUT2D eigenvalue weighted by atomic mass is 16.2. The monoisotopic (exact) mass is 277 g/mol. The Morgan fingerprint density at radius 2 is 2.10 bits per heavy atom. The highest BCUT2D eigenvalue weighted by molar-refractivity contribution is 5.79. The van der Waals surface area contributed by atoms with Crippen molar-refractivity contribution in [2.75, 3.05) is 10.9 Å². The molecule has 1 aliphatic rings. The standard InChI is InChI=1S/C12H16N6O2/c1-15-6-7-16(2)12(15)14-13-9-8-18-10(19)4-3-5-17(18)11(9)20/h6-8,13H,3-5H2,1-2H3/p+1. The van der Waals surface area contributed by atoms with E-state index in [-0.39, 0.29) is 11.5 Å². The minimum atomic E-state index is -0.192. The van der Waals surface area contributed by atoms with Gasteiger partial charge in [0.05, 0.1) is 32.7 Å². The number of rotatable bonds is 3. The summed E-state index contributed by atoms with van der Waals surface area (Å²) in [6.45, 7) is 0.574. The van der Waals surface area contributed by atoms with E-state index in [2.05, 4.69) is 10.9 Å². The van der Waals surface area contributed by atoms with Crippen LogP contribution in [0.2, 0.25) is 0 Å². The molecule has 0 atom stereocenters. The van der Waals surface area contributed by atoms with Gasteiger partial charge in [0, 0.05) is 13.0 Å². The van der Waals surface area contributed by atoms with Gasteiger partial charge in [0.25, 0.3) is 5.56 Å². The quantitative estimate of drug-likeness (QED) is 0.596. The Morgan fingerprint density at radius 1 is 1.30 bits per heavy atom. The van der Waals surface area contributed by atoms with Gasteiger partial charge < -0.3 is 0 Å². The lowest BCUT2D eigenvalue weighted by Crippen LogP contribution is -2.34. The van der Waals surface area contributed by atoms with Gasteiger partial charge in [-0.25, -0.2) is 23.9 Å². The van der Waals surface area contributed by atoms with Crippen LogP contribution in [0, 0.1) is 0 Å². The van der Waals surface area contributed by atoms with Crippen molar-refractivity contribution in [1.82, 2.24) is 13.9 Å². The van der Waals surface area contributed by atoms with Gasteiger partial charge in [0.15, 0.2) is 5.69 Å². The van der Waals surface area contributed by atoms with E-state index in [9.17, 15) is 9.59 Å². The summed E-state index contributed by atoms with van der Waals surface area (Å²) in [5, 5.41) is 0. The second kappa shape index (κ2) is 4.55. The SMILES string of the molecule is Cn1cc[n+](C)c1NNc1cn2n(c1=O)CCCC2=O. The second-order valence-corrected chi connectivity index (χ2v) is 4.91. The molecule has 3 heterocycles. The van der Waals surface area contributed by atoms with Gasteiger partial charge in [-0.3, -0.25) is 9.59 Å². The van der Waals surface area contributed by atoms with Crippen LogP contribution in [0.1, 0.15) is 17.6 Å². The summed E-state index contributed by atoms with van der Waals surface area (Å²) in [5.74, 6) is 0.746. The van der Waals surface area contributed by atoms with E-state index in [0.29, 0.717) is 25.1 Å². The molecule has 0 spiro atoms. The number of imidazole rings is 1. The van der Waals surface area contributed by atoms with Gasteiger partial charge >= 0.3 is 5.95 Å². The molecule has 0 aromatic carbocycles. The molecular weight excluding hydrogens is 260 g/mol. The highest BCUT2D eigenvalue weighted by Crippen LogP contribution is 2.10. The number of hydrogen-bond donors (Lipinski definition) is 2. The smallest absolute Gasteiger partial charge is 0.273 e. The number of fused-ring (bicyclic) bond motifs is 1. The van der Waals surface area contributed by atoms with Crippen LogP contribution < -0.4 is 21.0 Å². The molecule has 0 aliphatic carbocycles. The topological polar surface area (TPSA) is 76.9 Å². The van der Waals surface area contributed by atoms with Gasteiger partial charge in [-0.15, -0.1) is 0 Å². The van der Waals surface area contributed by atoms with E-state index in [0.717, 1.165) is 5.95 Å². The molecule has 0 saturated heterocycles. The van der Waals surface area contributed by atoms with Crippen LogP contribution in [0.4, 0.5) is 11.6 Å². The Morgan fingerprint density at radius 3 is 2.75 bits per heavy atom. The van der Waals surface area contributed by atoms with Crippen LogP contribution in [-0.2, 0) is 20.6 Å². The van der Waals surface area contributed by atoms with Crippen molar-refractivity contribution in [1.29, 1.82) is 0 Å². The van der Waals surface area contributed by atoms with E-state index in [1.54, 1.807) is 6.20 Å². The Bertz CT molecular complexity index is 703. The molecule has 2 aromatic heterocycles. The fraction of sp³-hybridized carbons (Fsp3) is 0.417. The molecule has 0 amide bonds. The Labute approximate surface area is 115 Å². The molecule has 3 rings (SSSR count). The highest BCUT2D eigenvalue weighted by Gasteiger charge is 2.21. The zero-order valence-corrected chi connectivity index (χ0v) is 11.5. The molecule has 20 heavy (non-hydrogen) atoms. The Hall–Kier alpha value is -2.51. The summed E-state index contributed by atoms with van der Waals surface area (Å²) < 4.78 is 6.61. The third kappa shape index (κ3) is 1.89. The summed E-state index contributed by atoms with van der Waals surface area (Å²) in [6.07, 6.45) is 6.52. The first-order valence-electron chi connectivity index (χ1n) is 6.46. The molecule has 0 fully saturated rings. The summed E-state index contributed by atoms with van der Waals surface area (Å²) in [5.41, 5.74) is 6.03. The minimum absolute atomic E-state index is 0.0502. The number of carbonyl (C=O) groups is 1. The van der Waals surface area contributed by atoms with Crippen molar-refractivity contribution < 1.29 is 9.36 Å². The maximum atomic E-state index is 12.2. The zero-order chi connectivity index (χ0) is 14.3. The largest absolute Gasteiger partial charge is 0.378 e. The fourth-order valence-electron chi connectivity index (χ4n) is 2.37. The average Bonchev–Trinajstić information content (AvgIpc) is 2.91. The first-order valence-corrected chi connectivity index (χ1v) is 6.46. The lowest BCUT2D eigenvalue weighted by Gasteiger charge is -2.14. The third-order valence-corrected chi connectivity index (χ3v) is 3.48. The first kappa shape index (κ1) is 12.5. The number of nitrogens with zero attached hydrogens (tertiary/aromatic N) is 4. The molecule has 0 bridgehead atoms. The number of carbonyl (C=O) groups excluding carboxylic acids is 1. The van der Waals surface area contributed by atoms with Gasteiger partial charge in [0.2, 0.25) is 5.91 Å². The minimum Gasteiger partial charge on any atom is -0.273 e. The number of aromatic nitrogens is 4. The molecule has 8 nitrogen and oxygen atoms in total. The molecule has 2 aromatic rings. The summed E-state index contributed by atoms with van der Waals surface area (Å²) >= 11 is 0. The van der Waals surface area contributed by atoms with Crippen LogP contribution in [0.15, 0.2) is 23.4 Å². The lowest BCUT2D eigenvalue weighted by atomic mass is 10.3. The predicted octanol–water partition coefficient (Wildman–Crippen LogP) is -0.314. The molecule has 0 radical (unpaired) electrons. The normalized spacial score (nSPS) is 14.2. The van der Waals surface area contributed by atoms with Crippen LogP contribution >= 0.6 is 0 Å². The van der Waals surface area contributed by atoms with E-state index in [1.807, 2.05) is 35.6 Å². The first-order chi connectivity index (χ1) is 9.58. The molecule has 0 saturated carbocycles. The number of hydrazine groups is 1. The van der Waals surface area contributed by atoms with Crippen molar-refractivity contribution in [3.63, 3.8) is 0 Å². The van der Waals surface area contributed by atoms with E-state index >= 15 is 0 Å². The Balaban J connectivity index is 1.86. The molecular formula is C12H17N6O2+. The van der Waals surface area contributed by atoms with Crippen molar-refractivity contribution in [2.45, 2.75) is 19.4 Å². The molecule has 8 heteroatoms. The second-order valence-electron chi connectivity index (χ2n) is 4.91. The van der Waals surface area contributed by atoms with Crippen LogP contribution in [0.25, 0.3) is 0 Å². The molecule has 0 unspecified atom stereocenters. The van der Waals surface area contributed by atoms with E-state index in [1.165, 1.54) is 9.36 Å². The number of aryl methyl sites for hydroxylation is 2. The van der Waals surface area contributed by atoms with Gasteiger partial charge in [-0.2, -0.15) is 5.43 Å². The zero-order valence-electron chi connectivity index (χ0n) is 11.5.